The number of thioether (sulfide) groups is 1. The fourth-order valence-electron chi connectivity index (χ4n) is 3.46. The number of nitrogens with one attached hydrogen (secondary N) is 1. The minimum absolute atomic E-state index is 0.194. The molecule has 1 aromatic heterocycles. The van der Waals surface area contributed by atoms with Crippen LogP contribution in [0.25, 0.3) is 22.4 Å². The first-order valence-corrected chi connectivity index (χ1v) is 12.0. The molecule has 0 saturated heterocycles. The van der Waals surface area contributed by atoms with Crippen LogP contribution in [0.1, 0.15) is 18.1 Å². The lowest BCUT2D eigenvalue weighted by molar-refractivity contribution is -0.115. The van der Waals surface area contributed by atoms with Crippen LogP contribution in [-0.4, -0.2) is 16.1 Å². The maximum Gasteiger partial charge on any atom is 0.237 e. The van der Waals surface area contributed by atoms with Gasteiger partial charge in [-0.2, -0.15) is 5.26 Å². The zero-order valence-electron chi connectivity index (χ0n) is 18.7. The van der Waals surface area contributed by atoms with Gasteiger partial charge in [0.25, 0.3) is 0 Å². The number of halogens is 1. The van der Waals surface area contributed by atoms with E-state index in [1.807, 2.05) is 67.6 Å². The highest BCUT2D eigenvalue weighted by Crippen LogP contribution is 2.36. The molecular weight excluding hydrogens is 462 g/mol. The van der Waals surface area contributed by atoms with Crippen LogP contribution in [0.3, 0.4) is 0 Å². The molecule has 0 aliphatic carbocycles. The summed E-state index contributed by atoms with van der Waals surface area (Å²) in [6, 6.07) is 29.1. The van der Waals surface area contributed by atoms with Gasteiger partial charge in [0.05, 0.1) is 16.5 Å². The van der Waals surface area contributed by atoms with Crippen LogP contribution in [0.2, 0.25) is 5.02 Å². The molecule has 0 fully saturated rings. The fraction of sp³-hybridized carbons (Fsp3) is 0.107. The highest BCUT2D eigenvalue weighted by molar-refractivity contribution is 8.00. The normalized spacial score (nSPS) is 11.5. The van der Waals surface area contributed by atoms with Crippen molar-refractivity contribution in [3.8, 4) is 28.5 Å². The van der Waals surface area contributed by atoms with Crippen molar-refractivity contribution < 1.29 is 4.79 Å². The number of benzene rings is 3. The van der Waals surface area contributed by atoms with E-state index in [9.17, 15) is 10.1 Å². The summed E-state index contributed by atoms with van der Waals surface area (Å²) >= 11 is 7.30. The molecule has 0 aliphatic rings. The molecular formula is C28H22ClN3OS. The number of anilines is 1. The Morgan fingerprint density at radius 3 is 2.41 bits per heavy atom. The number of nitrogens with zero attached hydrogens (tertiary/aromatic N) is 2. The van der Waals surface area contributed by atoms with Gasteiger partial charge in [-0.05, 0) is 43.7 Å². The van der Waals surface area contributed by atoms with Gasteiger partial charge in [-0.25, -0.2) is 4.98 Å². The minimum Gasteiger partial charge on any atom is -0.325 e. The molecule has 0 aliphatic heterocycles. The van der Waals surface area contributed by atoms with Gasteiger partial charge in [0, 0.05) is 21.8 Å². The van der Waals surface area contributed by atoms with E-state index >= 15 is 0 Å². The molecule has 34 heavy (non-hydrogen) atoms. The minimum atomic E-state index is -0.490. The first-order valence-electron chi connectivity index (χ1n) is 10.8. The van der Waals surface area contributed by atoms with E-state index in [1.54, 1.807) is 31.2 Å². The van der Waals surface area contributed by atoms with E-state index < -0.39 is 5.25 Å². The van der Waals surface area contributed by atoms with Crippen molar-refractivity contribution in [2.45, 2.75) is 24.1 Å². The van der Waals surface area contributed by atoms with E-state index in [4.69, 9.17) is 16.6 Å². The van der Waals surface area contributed by atoms with E-state index in [2.05, 4.69) is 11.4 Å². The Morgan fingerprint density at radius 1 is 1.00 bits per heavy atom. The zero-order chi connectivity index (χ0) is 24.1. The van der Waals surface area contributed by atoms with Crippen LogP contribution in [0, 0.1) is 18.3 Å². The first kappa shape index (κ1) is 23.6. The molecule has 1 atom stereocenters. The van der Waals surface area contributed by atoms with Gasteiger partial charge in [-0.15, -0.1) is 0 Å². The lowest BCUT2D eigenvalue weighted by atomic mass is 9.99. The third-order valence-corrected chi connectivity index (χ3v) is 6.60. The molecule has 1 heterocycles. The quantitative estimate of drug-likeness (QED) is 0.291. The molecule has 0 radical (unpaired) electrons. The molecule has 1 N–H and O–H groups in total. The summed E-state index contributed by atoms with van der Waals surface area (Å²) in [5.74, 6) is -0.194. The topological polar surface area (TPSA) is 65.8 Å². The van der Waals surface area contributed by atoms with Crippen LogP contribution in [-0.2, 0) is 4.79 Å². The average Bonchev–Trinajstić information content (AvgIpc) is 2.84. The maximum atomic E-state index is 12.9. The van der Waals surface area contributed by atoms with Gasteiger partial charge in [-0.1, -0.05) is 89.6 Å². The lowest BCUT2D eigenvalue weighted by Crippen LogP contribution is -2.22. The van der Waals surface area contributed by atoms with Gasteiger partial charge in [0.1, 0.15) is 11.1 Å². The van der Waals surface area contributed by atoms with Crippen molar-refractivity contribution >= 4 is 35.0 Å². The highest BCUT2D eigenvalue weighted by Gasteiger charge is 2.21. The predicted octanol–water partition coefficient (Wildman–Crippen LogP) is 7.37. The van der Waals surface area contributed by atoms with Crippen molar-refractivity contribution in [2.24, 2.45) is 0 Å². The number of aryl methyl sites for hydroxylation is 1. The van der Waals surface area contributed by atoms with E-state index in [0.717, 1.165) is 27.9 Å². The zero-order valence-corrected chi connectivity index (χ0v) is 20.3. The largest absolute Gasteiger partial charge is 0.325 e. The van der Waals surface area contributed by atoms with Gasteiger partial charge >= 0.3 is 0 Å². The Hall–Kier alpha value is -3.59. The number of nitriles is 1. The molecule has 4 rings (SSSR count). The van der Waals surface area contributed by atoms with Crippen LogP contribution >= 0.6 is 23.4 Å². The standard InChI is InChI=1S/C28H22ClN3OS/c1-18-11-13-21(14-12-18)26-16-24(20-7-4-3-5-8-20)25(17-30)28(32-26)34-19(2)27(33)31-23-10-6-9-22(29)15-23/h3-16,19H,1-2H3,(H,31,33)/t19-/m1/s1. The molecule has 0 spiro atoms. The Balaban J connectivity index is 1.73. The summed E-state index contributed by atoms with van der Waals surface area (Å²) in [4.78, 5) is 17.7. The second kappa shape index (κ2) is 10.6. The SMILES string of the molecule is Cc1ccc(-c2cc(-c3ccccc3)c(C#N)c(S[C@H](C)C(=O)Nc3cccc(Cl)c3)n2)cc1. The molecule has 168 valence electrons. The maximum absolute atomic E-state index is 12.9. The lowest BCUT2D eigenvalue weighted by Gasteiger charge is -2.16. The van der Waals surface area contributed by atoms with Gasteiger partial charge in [0.15, 0.2) is 0 Å². The smallest absolute Gasteiger partial charge is 0.237 e. The van der Waals surface area contributed by atoms with Crippen LogP contribution in [0.5, 0.6) is 0 Å². The van der Waals surface area contributed by atoms with Crippen LogP contribution in [0.4, 0.5) is 5.69 Å². The third-order valence-electron chi connectivity index (χ3n) is 5.28. The van der Waals surface area contributed by atoms with Crippen molar-refractivity contribution in [1.82, 2.24) is 4.98 Å². The monoisotopic (exact) mass is 483 g/mol. The van der Waals surface area contributed by atoms with Gasteiger partial charge in [0.2, 0.25) is 5.91 Å². The summed E-state index contributed by atoms with van der Waals surface area (Å²) in [6.07, 6.45) is 0. The second-order valence-electron chi connectivity index (χ2n) is 7.84. The Bertz CT molecular complexity index is 1370. The van der Waals surface area contributed by atoms with Gasteiger partial charge in [-0.3, -0.25) is 4.79 Å². The molecule has 6 heteroatoms. The Morgan fingerprint density at radius 2 is 1.74 bits per heavy atom. The van der Waals surface area contributed by atoms with Crippen molar-refractivity contribution in [1.29, 1.82) is 5.26 Å². The average molecular weight is 484 g/mol. The first-order chi connectivity index (χ1) is 16.4. The molecule has 0 saturated carbocycles. The van der Waals surface area contributed by atoms with Crippen LogP contribution < -0.4 is 5.32 Å². The summed E-state index contributed by atoms with van der Waals surface area (Å²) in [6.45, 7) is 3.83. The van der Waals surface area contributed by atoms with E-state index in [0.29, 0.717) is 21.3 Å². The Kier molecular flexibility index (Phi) is 7.32. The van der Waals surface area contributed by atoms with Gasteiger partial charge < -0.3 is 5.32 Å². The van der Waals surface area contributed by atoms with Crippen molar-refractivity contribution in [3.05, 3.63) is 101 Å². The number of aromatic nitrogens is 1. The summed E-state index contributed by atoms with van der Waals surface area (Å²) < 4.78 is 0. The highest BCUT2D eigenvalue weighted by atomic mass is 35.5. The Labute approximate surface area is 208 Å². The summed E-state index contributed by atoms with van der Waals surface area (Å²) in [5, 5.41) is 13.5. The van der Waals surface area contributed by atoms with Crippen LogP contribution in [0.15, 0.2) is 90.0 Å². The summed E-state index contributed by atoms with van der Waals surface area (Å²) in [7, 11) is 0. The predicted molar refractivity (Wildman–Crippen MR) is 140 cm³/mol. The number of carbonyl (C=O) groups is 1. The molecule has 0 unspecified atom stereocenters. The number of rotatable bonds is 6. The van der Waals surface area contributed by atoms with Crippen molar-refractivity contribution in [2.75, 3.05) is 5.32 Å². The number of hydrogen-bond donors (Lipinski definition) is 1. The molecule has 0 bridgehead atoms. The van der Waals surface area contributed by atoms with Crippen molar-refractivity contribution in [3.63, 3.8) is 0 Å². The van der Waals surface area contributed by atoms with E-state index in [-0.39, 0.29) is 5.91 Å². The second-order valence-corrected chi connectivity index (χ2v) is 9.60. The molecule has 3 aromatic carbocycles. The fourth-order valence-corrected chi connectivity index (χ4v) is 4.58. The number of carbonyl (C=O) groups excluding carboxylic acids is 1. The summed E-state index contributed by atoms with van der Waals surface area (Å²) in [5.41, 5.74) is 5.65. The number of hydrogen-bond acceptors (Lipinski definition) is 4. The molecule has 4 nitrogen and oxygen atoms in total. The van der Waals surface area contributed by atoms with E-state index in [1.165, 1.54) is 11.8 Å². The molecule has 1 amide bonds. The third kappa shape index (κ3) is 5.48. The number of pyridine rings is 1. The number of amides is 1. The molecule has 4 aromatic rings.